The van der Waals surface area contributed by atoms with Gasteiger partial charge < -0.3 is 44.0 Å². The summed E-state index contributed by atoms with van der Waals surface area (Å²) < 4.78 is 34.1. The third kappa shape index (κ3) is 12.9. The average Bonchev–Trinajstić information content (AvgIpc) is 3.84. The van der Waals surface area contributed by atoms with Crippen LogP contribution in [0.1, 0.15) is 107 Å². The first-order valence-corrected chi connectivity index (χ1v) is 25.4. The van der Waals surface area contributed by atoms with E-state index in [4.69, 9.17) is 28.4 Å². The number of esters is 2. The molecule has 0 unspecified atom stereocenters. The van der Waals surface area contributed by atoms with Gasteiger partial charge in [0, 0.05) is 77.4 Å². The molecule has 0 saturated carbocycles. The second kappa shape index (κ2) is 24.1. The Morgan fingerprint density at radius 3 is 1.56 bits per heavy atom. The molecule has 0 radical (unpaired) electrons. The molecule has 0 spiro atoms. The fraction of sp³-hybridized carbons (Fsp3) is 0.736. The Balaban J connectivity index is 0.000000197. The molecule has 4 saturated heterocycles. The molecule has 0 aliphatic carbocycles. The minimum atomic E-state index is -0.0558. The van der Waals surface area contributed by atoms with E-state index in [0.29, 0.717) is 79.6 Å². The van der Waals surface area contributed by atoms with Crippen molar-refractivity contribution in [1.82, 2.24) is 25.3 Å². The molecule has 4 fully saturated rings. The SMILES string of the molecule is COc1cc2c(cc1OC)[C@H]1C[C@@H](COC(=O)CCN3CCNCC3)[C@H](CC(C)C)CN1CC2.COc1cc2c(cc1OC)[C@H]1C[C@@H](COC(=O)C[C@H]3CCNC3)[C@H](CC(C)C)CN1CC2. The van der Waals surface area contributed by atoms with E-state index in [9.17, 15) is 9.59 Å². The van der Waals surface area contributed by atoms with E-state index in [1.165, 1.54) is 35.1 Å². The quantitative estimate of drug-likeness (QED) is 0.159. The third-order valence-electron chi connectivity index (χ3n) is 15.5. The van der Waals surface area contributed by atoms with Gasteiger partial charge in [0.05, 0.1) is 48.1 Å². The fourth-order valence-corrected chi connectivity index (χ4v) is 12.0. The van der Waals surface area contributed by atoms with Crippen molar-refractivity contribution < 1.29 is 38.0 Å². The highest BCUT2D eigenvalue weighted by atomic mass is 16.5. The minimum Gasteiger partial charge on any atom is -0.493 e. The van der Waals surface area contributed by atoms with Crippen LogP contribution >= 0.6 is 0 Å². The molecule has 2 aromatic rings. The number of piperazine rings is 1. The van der Waals surface area contributed by atoms with E-state index in [1.54, 1.807) is 28.4 Å². The summed E-state index contributed by atoms with van der Waals surface area (Å²) in [5.74, 6) is 6.71. The van der Waals surface area contributed by atoms with E-state index in [-0.39, 0.29) is 11.9 Å². The number of nitrogens with one attached hydrogen (secondary N) is 2. The van der Waals surface area contributed by atoms with Crippen LogP contribution in [0.5, 0.6) is 23.0 Å². The Hall–Kier alpha value is -3.62. The lowest BCUT2D eigenvalue weighted by Crippen LogP contribution is -2.47. The molecular weight excluding hydrogens is 835 g/mol. The first-order chi connectivity index (χ1) is 32.0. The molecule has 368 valence electrons. The monoisotopic (exact) mass is 918 g/mol. The maximum atomic E-state index is 12.6. The zero-order chi connectivity index (χ0) is 46.7. The molecule has 6 aliphatic rings. The van der Waals surface area contributed by atoms with Gasteiger partial charge in [-0.1, -0.05) is 27.7 Å². The minimum absolute atomic E-state index is 0.0279. The van der Waals surface area contributed by atoms with Crippen LogP contribution in [0.4, 0.5) is 0 Å². The highest BCUT2D eigenvalue weighted by Gasteiger charge is 2.42. The van der Waals surface area contributed by atoms with Gasteiger partial charge in [0.15, 0.2) is 23.0 Å². The predicted molar refractivity (Wildman–Crippen MR) is 259 cm³/mol. The summed E-state index contributed by atoms with van der Waals surface area (Å²) in [7, 11) is 6.80. The van der Waals surface area contributed by atoms with Crippen LogP contribution < -0.4 is 29.6 Å². The molecule has 6 heterocycles. The molecule has 13 nitrogen and oxygen atoms in total. The number of nitrogens with zero attached hydrogens (tertiary/aromatic N) is 3. The van der Waals surface area contributed by atoms with E-state index < -0.39 is 0 Å². The third-order valence-corrected chi connectivity index (χ3v) is 15.5. The molecule has 2 aromatic carbocycles. The molecule has 13 heteroatoms. The van der Waals surface area contributed by atoms with E-state index in [2.05, 4.69) is 77.3 Å². The van der Waals surface area contributed by atoms with Crippen molar-refractivity contribution in [1.29, 1.82) is 0 Å². The largest absolute Gasteiger partial charge is 0.493 e. The van der Waals surface area contributed by atoms with Gasteiger partial charge in [-0.2, -0.15) is 0 Å². The van der Waals surface area contributed by atoms with Gasteiger partial charge >= 0.3 is 11.9 Å². The molecule has 0 bridgehead atoms. The number of fused-ring (bicyclic) bond motifs is 6. The summed E-state index contributed by atoms with van der Waals surface area (Å²) in [6.45, 7) is 21.3. The Labute approximate surface area is 396 Å². The lowest BCUT2D eigenvalue weighted by Gasteiger charge is -2.47. The number of piperidine rings is 2. The molecule has 0 aromatic heterocycles. The van der Waals surface area contributed by atoms with Gasteiger partial charge in [-0.05, 0) is 146 Å². The molecule has 6 aliphatic heterocycles. The summed E-state index contributed by atoms with van der Waals surface area (Å²) in [5.41, 5.74) is 5.41. The van der Waals surface area contributed by atoms with E-state index in [1.807, 2.05) is 0 Å². The molecule has 8 rings (SSSR count). The normalized spacial score (nSPS) is 26.5. The van der Waals surface area contributed by atoms with Crippen LogP contribution in [-0.4, -0.2) is 140 Å². The van der Waals surface area contributed by atoms with E-state index >= 15 is 0 Å². The summed E-state index contributed by atoms with van der Waals surface area (Å²) in [6.07, 6.45) is 8.57. The van der Waals surface area contributed by atoms with Crippen LogP contribution in [0.25, 0.3) is 0 Å². The van der Waals surface area contributed by atoms with Gasteiger partial charge in [-0.25, -0.2) is 0 Å². The Bertz CT molecular complexity index is 1880. The van der Waals surface area contributed by atoms with Crippen LogP contribution in [-0.2, 0) is 31.9 Å². The number of carbonyl (C=O) groups excluding carboxylic acids is 2. The number of rotatable bonds is 17. The highest BCUT2D eigenvalue weighted by molar-refractivity contribution is 5.70. The van der Waals surface area contributed by atoms with Crippen molar-refractivity contribution in [2.45, 2.75) is 97.6 Å². The van der Waals surface area contributed by atoms with Crippen molar-refractivity contribution in [3.8, 4) is 23.0 Å². The first-order valence-electron chi connectivity index (χ1n) is 25.4. The molecule has 7 atom stereocenters. The van der Waals surface area contributed by atoms with Crippen molar-refractivity contribution in [2.75, 3.05) is 114 Å². The smallest absolute Gasteiger partial charge is 0.307 e. The molecule has 0 amide bonds. The van der Waals surface area contributed by atoms with Gasteiger partial charge in [-0.3, -0.25) is 19.4 Å². The number of hydrogen-bond donors (Lipinski definition) is 2. The van der Waals surface area contributed by atoms with Crippen LogP contribution in [0, 0.1) is 41.4 Å². The van der Waals surface area contributed by atoms with Crippen molar-refractivity contribution >= 4 is 11.9 Å². The van der Waals surface area contributed by atoms with Crippen LogP contribution in [0.3, 0.4) is 0 Å². The van der Waals surface area contributed by atoms with Crippen molar-refractivity contribution in [2.24, 2.45) is 41.4 Å². The number of carbonyl (C=O) groups is 2. The maximum absolute atomic E-state index is 12.6. The first kappa shape index (κ1) is 50.3. The number of hydrogen-bond acceptors (Lipinski definition) is 13. The highest BCUT2D eigenvalue weighted by Crippen LogP contribution is 2.47. The predicted octanol–water partition coefficient (Wildman–Crippen LogP) is 6.95. The van der Waals surface area contributed by atoms with Gasteiger partial charge in [0.1, 0.15) is 0 Å². The van der Waals surface area contributed by atoms with Gasteiger partial charge in [0.25, 0.3) is 0 Å². The second-order valence-electron chi connectivity index (χ2n) is 20.9. The van der Waals surface area contributed by atoms with Gasteiger partial charge in [-0.15, -0.1) is 0 Å². The Morgan fingerprint density at radius 1 is 0.621 bits per heavy atom. The summed E-state index contributed by atoms with van der Waals surface area (Å²) in [4.78, 5) is 32.7. The molecular formula is C53H83N5O8. The fourth-order valence-electron chi connectivity index (χ4n) is 12.0. The zero-order valence-electron chi connectivity index (χ0n) is 41.7. The van der Waals surface area contributed by atoms with Crippen LogP contribution in [0.2, 0.25) is 0 Å². The second-order valence-corrected chi connectivity index (χ2v) is 20.9. The zero-order valence-corrected chi connectivity index (χ0v) is 41.7. The van der Waals surface area contributed by atoms with Crippen molar-refractivity contribution in [3.63, 3.8) is 0 Å². The van der Waals surface area contributed by atoms with E-state index in [0.717, 1.165) is 127 Å². The number of benzene rings is 2. The Morgan fingerprint density at radius 2 is 1.11 bits per heavy atom. The van der Waals surface area contributed by atoms with Crippen molar-refractivity contribution in [3.05, 3.63) is 46.5 Å². The maximum Gasteiger partial charge on any atom is 0.307 e. The standard InChI is InChI=1S/C27H43N3O4.C26H40N2O4/c1-19(2)13-21-17-30-10-5-20-15-25(32-3)26(33-4)16-23(20)24(30)14-22(21)18-34-27(31)6-9-29-11-7-28-8-12-29;1-17(2)9-20-15-28-8-6-19-12-24(30-3)25(31-4)13-22(19)23(28)11-21(20)16-32-26(29)10-18-5-7-27-14-18/h15-16,19,21-22,24,28H,5-14,17-18H2,1-4H3;12-13,17-18,20-21,23,27H,5-11,14-16H2,1-4H3/t21-,22+,24-;18-,20-,21+,23-/m11/s1. The Kier molecular flexibility index (Phi) is 18.3. The number of methoxy groups -OCH3 is 4. The average molecular weight is 918 g/mol. The molecule has 66 heavy (non-hydrogen) atoms. The van der Waals surface area contributed by atoms with Gasteiger partial charge in [0.2, 0.25) is 0 Å². The topological polar surface area (TPSA) is 123 Å². The summed E-state index contributed by atoms with van der Waals surface area (Å²) >= 11 is 0. The van der Waals surface area contributed by atoms with Crippen LogP contribution in [0.15, 0.2) is 24.3 Å². The lowest BCUT2D eigenvalue weighted by molar-refractivity contribution is -0.148. The molecule has 2 N–H and O–H groups in total. The lowest BCUT2D eigenvalue weighted by atomic mass is 9.74. The summed E-state index contributed by atoms with van der Waals surface area (Å²) in [6, 6.07) is 9.34. The number of ether oxygens (including phenoxy) is 6. The summed E-state index contributed by atoms with van der Waals surface area (Å²) in [5, 5.41) is 6.69.